The molecule has 1 aromatic heterocycles. The highest BCUT2D eigenvalue weighted by Crippen LogP contribution is 2.16. The topological polar surface area (TPSA) is 34.5 Å². The molecule has 5 heteroatoms. The van der Waals surface area contributed by atoms with Crippen molar-refractivity contribution in [3.05, 3.63) is 15.0 Å². The Morgan fingerprint density at radius 3 is 3.20 bits per heavy atom. The van der Waals surface area contributed by atoms with Crippen molar-refractivity contribution < 1.29 is 4.84 Å². The Bertz CT molecular complexity index is 235. The van der Waals surface area contributed by atoms with Crippen LogP contribution in [0.3, 0.4) is 0 Å². The van der Waals surface area contributed by atoms with Crippen LogP contribution in [-0.4, -0.2) is 18.3 Å². The van der Waals surface area contributed by atoms with E-state index >= 15 is 0 Å². The maximum Gasteiger partial charge on any atom is 0.159 e. The molecule has 0 spiro atoms. The Balaban J connectivity index is 2.67. The molecule has 0 aliphatic rings. The van der Waals surface area contributed by atoms with Gasteiger partial charge in [-0.1, -0.05) is 5.16 Å². The summed E-state index contributed by atoms with van der Waals surface area (Å²) in [4.78, 5) is 9.41. The predicted octanol–water partition coefficient (Wildman–Crippen LogP) is 1.89. The molecule has 54 valence electrons. The molecule has 1 rings (SSSR count). The molecule has 1 heterocycles. The van der Waals surface area contributed by atoms with Crippen LogP contribution < -0.4 is 0 Å². The molecular weight excluding hydrogens is 216 g/mol. The zero-order chi connectivity index (χ0) is 7.40. The first-order valence-corrected chi connectivity index (χ1v) is 4.11. The molecule has 1 aromatic rings. The van der Waals surface area contributed by atoms with Crippen molar-refractivity contribution in [2.24, 2.45) is 5.16 Å². The molecule has 0 fully saturated rings. The number of thiazole rings is 1. The third-order valence-corrected chi connectivity index (χ3v) is 2.19. The Morgan fingerprint density at radius 1 is 1.90 bits per heavy atom. The maximum atomic E-state index is 4.49. The third-order valence-electron chi connectivity index (χ3n) is 0.781. The van der Waals surface area contributed by atoms with Crippen molar-refractivity contribution in [3.63, 3.8) is 0 Å². The van der Waals surface area contributed by atoms with Gasteiger partial charge in [0.2, 0.25) is 0 Å². The van der Waals surface area contributed by atoms with Crippen LogP contribution in [0.25, 0.3) is 0 Å². The summed E-state index contributed by atoms with van der Waals surface area (Å²) >= 11 is 4.73. The van der Waals surface area contributed by atoms with Crippen LogP contribution in [-0.2, 0) is 4.84 Å². The van der Waals surface area contributed by atoms with E-state index in [1.165, 1.54) is 18.4 Å². The number of nitrogens with zero attached hydrogens (tertiary/aromatic N) is 2. The van der Waals surface area contributed by atoms with E-state index in [-0.39, 0.29) is 0 Å². The minimum atomic E-state index is 0.852. The highest BCUT2D eigenvalue weighted by atomic mass is 79.9. The first-order chi connectivity index (χ1) is 4.83. The number of hydrogen-bond acceptors (Lipinski definition) is 4. The highest BCUT2D eigenvalue weighted by Gasteiger charge is 1.93. The van der Waals surface area contributed by atoms with E-state index in [2.05, 4.69) is 30.9 Å². The summed E-state index contributed by atoms with van der Waals surface area (Å²) in [5.74, 6) is 0. The van der Waals surface area contributed by atoms with Gasteiger partial charge >= 0.3 is 0 Å². The number of rotatable bonds is 2. The molecule has 0 bridgehead atoms. The zero-order valence-electron chi connectivity index (χ0n) is 5.24. The van der Waals surface area contributed by atoms with Crippen molar-refractivity contribution in [2.75, 3.05) is 7.11 Å². The summed E-state index contributed by atoms with van der Waals surface area (Å²) in [5, 5.41) is 3.58. The lowest BCUT2D eigenvalue weighted by molar-refractivity contribution is 0.215. The number of aromatic nitrogens is 1. The number of oxime groups is 1. The molecule has 0 aliphatic carbocycles. The fourth-order valence-corrected chi connectivity index (χ4v) is 1.59. The van der Waals surface area contributed by atoms with Crippen LogP contribution in [0.1, 0.15) is 4.88 Å². The van der Waals surface area contributed by atoms with E-state index in [9.17, 15) is 0 Å². The van der Waals surface area contributed by atoms with E-state index in [0.717, 1.165) is 8.79 Å². The van der Waals surface area contributed by atoms with Crippen molar-refractivity contribution in [1.82, 2.24) is 4.98 Å². The first-order valence-electron chi connectivity index (χ1n) is 2.51. The van der Waals surface area contributed by atoms with Crippen LogP contribution in [0.4, 0.5) is 0 Å². The smallest absolute Gasteiger partial charge is 0.159 e. The highest BCUT2D eigenvalue weighted by molar-refractivity contribution is 9.11. The van der Waals surface area contributed by atoms with Gasteiger partial charge < -0.3 is 4.84 Å². The van der Waals surface area contributed by atoms with Crippen molar-refractivity contribution in [3.8, 4) is 0 Å². The molecule has 0 amide bonds. The molecule has 0 atom stereocenters. The van der Waals surface area contributed by atoms with Crippen molar-refractivity contribution in [2.45, 2.75) is 0 Å². The molecular formula is C5H5BrN2OS. The Morgan fingerprint density at radius 2 is 2.70 bits per heavy atom. The molecule has 3 nitrogen and oxygen atoms in total. The first kappa shape index (κ1) is 7.68. The second-order valence-electron chi connectivity index (χ2n) is 1.43. The van der Waals surface area contributed by atoms with Gasteiger partial charge in [-0.3, -0.25) is 0 Å². The molecule has 0 radical (unpaired) electrons. The fourth-order valence-electron chi connectivity index (χ4n) is 0.429. The summed E-state index contributed by atoms with van der Waals surface area (Å²) in [7, 11) is 1.51. The monoisotopic (exact) mass is 220 g/mol. The zero-order valence-corrected chi connectivity index (χ0v) is 7.65. The van der Waals surface area contributed by atoms with Gasteiger partial charge in [-0.25, -0.2) is 4.98 Å². The molecule has 0 saturated carbocycles. The number of halogens is 1. The summed E-state index contributed by atoms with van der Waals surface area (Å²) in [5.41, 5.74) is 0. The van der Waals surface area contributed by atoms with Gasteiger partial charge in [0.1, 0.15) is 7.11 Å². The Kier molecular flexibility index (Phi) is 2.82. The molecule has 10 heavy (non-hydrogen) atoms. The van der Waals surface area contributed by atoms with E-state index in [4.69, 9.17) is 0 Å². The Hall–Kier alpha value is -0.420. The second kappa shape index (κ2) is 3.68. The van der Waals surface area contributed by atoms with Gasteiger partial charge in [-0.05, 0) is 15.9 Å². The SMILES string of the molecule is CO/N=C\c1cnc(Br)s1. The van der Waals surface area contributed by atoms with E-state index in [0.29, 0.717) is 0 Å². The summed E-state index contributed by atoms with van der Waals surface area (Å²) in [6.07, 6.45) is 3.33. The van der Waals surface area contributed by atoms with Gasteiger partial charge in [0.05, 0.1) is 11.1 Å². The van der Waals surface area contributed by atoms with E-state index in [1.54, 1.807) is 12.4 Å². The predicted molar refractivity (Wildman–Crippen MR) is 44.4 cm³/mol. The van der Waals surface area contributed by atoms with Gasteiger partial charge in [-0.15, -0.1) is 11.3 Å². The lowest BCUT2D eigenvalue weighted by Crippen LogP contribution is -1.73. The normalized spacial score (nSPS) is 10.6. The quantitative estimate of drug-likeness (QED) is 0.564. The molecule has 0 aromatic carbocycles. The average Bonchev–Trinajstić information content (AvgIpc) is 2.31. The van der Waals surface area contributed by atoms with Crippen LogP contribution >= 0.6 is 27.3 Å². The molecule has 0 saturated heterocycles. The maximum absolute atomic E-state index is 4.49. The van der Waals surface area contributed by atoms with Gasteiger partial charge in [0.25, 0.3) is 0 Å². The lowest BCUT2D eigenvalue weighted by atomic mass is 10.6. The summed E-state index contributed by atoms with van der Waals surface area (Å²) in [6.45, 7) is 0. The van der Waals surface area contributed by atoms with Crippen molar-refractivity contribution >= 4 is 33.5 Å². The lowest BCUT2D eigenvalue weighted by Gasteiger charge is -1.81. The van der Waals surface area contributed by atoms with E-state index < -0.39 is 0 Å². The second-order valence-corrected chi connectivity index (χ2v) is 3.77. The number of hydrogen-bond donors (Lipinski definition) is 0. The van der Waals surface area contributed by atoms with E-state index in [1.807, 2.05) is 0 Å². The summed E-state index contributed by atoms with van der Waals surface area (Å²) < 4.78 is 0.852. The van der Waals surface area contributed by atoms with Crippen molar-refractivity contribution in [1.29, 1.82) is 0 Å². The van der Waals surface area contributed by atoms with Crippen LogP contribution in [0.5, 0.6) is 0 Å². The largest absolute Gasteiger partial charge is 0.399 e. The molecule has 0 unspecified atom stereocenters. The molecule has 0 N–H and O–H groups in total. The average molecular weight is 221 g/mol. The fraction of sp³-hybridized carbons (Fsp3) is 0.200. The standard InChI is InChI=1S/C5H5BrN2OS/c1-9-8-3-4-2-7-5(6)10-4/h2-3H,1H3/b8-3-. The molecule has 0 aliphatic heterocycles. The van der Waals surface area contributed by atoms with Gasteiger partial charge in [0.15, 0.2) is 3.92 Å². The van der Waals surface area contributed by atoms with Crippen LogP contribution in [0.15, 0.2) is 15.3 Å². The minimum absolute atomic E-state index is 0.852. The van der Waals surface area contributed by atoms with Gasteiger partial charge in [0, 0.05) is 6.20 Å². The Labute approximate surface area is 70.9 Å². The minimum Gasteiger partial charge on any atom is -0.399 e. The summed E-state index contributed by atoms with van der Waals surface area (Å²) in [6, 6.07) is 0. The third kappa shape index (κ3) is 2.07. The van der Waals surface area contributed by atoms with Crippen LogP contribution in [0, 0.1) is 0 Å². The van der Waals surface area contributed by atoms with Gasteiger partial charge in [-0.2, -0.15) is 0 Å². The van der Waals surface area contributed by atoms with Crippen LogP contribution in [0.2, 0.25) is 0 Å².